The number of rotatable bonds is 7. The molecule has 5 aromatic rings. The van der Waals surface area contributed by atoms with E-state index in [1.165, 1.54) is 50.7 Å². The molecule has 1 aliphatic rings. The average molecular weight is 573 g/mol. The zero-order chi connectivity index (χ0) is 29.8. The van der Waals surface area contributed by atoms with Crippen LogP contribution >= 0.6 is 0 Å². The van der Waals surface area contributed by atoms with Gasteiger partial charge >= 0.3 is 0 Å². The van der Waals surface area contributed by atoms with E-state index >= 15 is 4.39 Å². The first kappa shape index (κ1) is 27.1. The first-order valence-electron chi connectivity index (χ1n) is 13.2. The summed E-state index contributed by atoms with van der Waals surface area (Å²) in [5.41, 5.74) is 1.41. The fourth-order valence-electron chi connectivity index (χ4n) is 5.10. The number of benzene rings is 2. The summed E-state index contributed by atoms with van der Waals surface area (Å²) in [6.45, 7) is 3.44. The van der Waals surface area contributed by atoms with Crippen LogP contribution in [0.5, 0.6) is 5.75 Å². The van der Waals surface area contributed by atoms with Gasteiger partial charge in [0.05, 0.1) is 41.0 Å². The molecule has 10 nitrogen and oxygen atoms in total. The summed E-state index contributed by atoms with van der Waals surface area (Å²) in [5, 5.41) is 9.37. The van der Waals surface area contributed by atoms with E-state index in [0.29, 0.717) is 52.7 Å². The Balaban J connectivity index is 1.47. The zero-order valence-electron chi connectivity index (χ0n) is 23.2. The Bertz CT molecular complexity index is 1880. The van der Waals surface area contributed by atoms with Crippen molar-refractivity contribution in [2.75, 3.05) is 14.2 Å². The van der Waals surface area contributed by atoms with Crippen LogP contribution in [0.4, 0.5) is 8.78 Å². The van der Waals surface area contributed by atoms with Crippen LogP contribution in [0, 0.1) is 25.5 Å². The lowest BCUT2D eigenvalue weighted by molar-refractivity contribution is 0.0916. The highest BCUT2D eigenvalue weighted by Crippen LogP contribution is 2.45. The lowest BCUT2D eigenvalue weighted by atomic mass is 9.97. The molecule has 0 spiro atoms. The summed E-state index contributed by atoms with van der Waals surface area (Å²) in [6.07, 6.45) is 2.68. The molecule has 0 aliphatic heterocycles. The van der Waals surface area contributed by atoms with Gasteiger partial charge in [-0.2, -0.15) is 4.98 Å². The van der Waals surface area contributed by atoms with Crippen LogP contribution in [0.3, 0.4) is 0 Å². The van der Waals surface area contributed by atoms with Gasteiger partial charge in [0, 0.05) is 12.6 Å². The van der Waals surface area contributed by atoms with Gasteiger partial charge in [0.25, 0.3) is 17.7 Å². The number of carbonyl (C=O) groups excluding carboxylic acids is 2. The van der Waals surface area contributed by atoms with Gasteiger partial charge in [-0.1, -0.05) is 5.16 Å². The average Bonchev–Trinajstić information content (AvgIpc) is 3.43. The molecule has 3 aromatic heterocycles. The second kappa shape index (κ2) is 10.1. The standard InChI is InChI=1S/C30H26F2N6O4/c1-14-11-21(41-4)19(27(39)37-30(9-10-30)29-35-15(2)38-42-29)12-18(14)26-24(32)22-20(13-34-26)36-25(23(22)28(40)33-3)16-5-7-17(31)8-6-16/h5-8,11-13,36H,9-10H2,1-4H3,(H,33,40)(H,37,39). The quantitative estimate of drug-likeness (QED) is 0.251. The Labute approximate surface area is 238 Å². The number of fused-ring (bicyclic) bond motifs is 1. The molecule has 1 aliphatic carbocycles. The van der Waals surface area contributed by atoms with Gasteiger partial charge in [0.15, 0.2) is 11.6 Å². The van der Waals surface area contributed by atoms with Crippen molar-refractivity contribution in [1.29, 1.82) is 0 Å². The maximum atomic E-state index is 16.4. The molecule has 1 saturated carbocycles. The minimum atomic E-state index is -0.777. The number of H-pyrrole nitrogens is 1. The fraction of sp³-hybridized carbons (Fsp3) is 0.233. The number of nitrogens with one attached hydrogen (secondary N) is 3. The van der Waals surface area contributed by atoms with Gasteiger partial charge in [-0.05, 0) is 74.2 Å². The first-order valence-corrected chi connectivity index (χ1v) is 13.2. The van der Waals surface area contributed by atoms with Crippen molar-refractivity contribution < 1.29 is 27.6 Å². The largest absolute Gasteiger partial charge is 0.496 e. The van der Waals surface area contributed by atoms with Crippen LogP contribution in [0.2, 0.25) is 0 Å². The van der Waals surface area contributed by atoms with E-state index in [0.717, 1.165) is 0 Å². The van der Waals surface area contributed by atoms with Crippen molar-refractivity contribution in [3.8, 4) is 28.3 Å². The van der Waals surface area contributed by atoms with Crippen LogP contribution in [0.15, 0.2) is 47.1 Å². The summed E-state index contributed by atoms with van der Waals surface area (Å²) < 4.78 is 40.8. The molecule has 0 radical (unpaired) electrons. The molecule has 3 N–H and O–H groups in total. The third-order valence-electron chi connectivity index (χ3n) is 7.45. The number of hydrogen-bond acceptors (Lipinski definition) is 7. The van der Waals surface area contributed by atoms with Gasteiger partial charge < -0.3 is 24.9 Å². The number of amides is 2. The van der Waals surface area contributed by atoms with E-state index < -0.39 is 29.0 Å². The number of ether oxygens (including phenoxy) is 1. The predicted molar refractivity (Wildman–Crippen MR) is 149 cm³/mol. The van der Waals surface area contributed by atoms with Crippen molar-refractivity contribution in [3.05, 3.63) is 82.6 Å². The van der Waals surface area contributed by atoms with Crippen LogP contribution in [-0.2, 0) is 5.54 Å². The minimum absolute atomic E-state index is 0.0172. The fourth-order valence-corrected chi connectivity index (χ4v) is 5.10. The number of aryl methyl sites for hydroxylation is 2. The highest BCUT2D eigenvalue weighted by atomic mass is 19.1. The normalized spacial score (nSPS) is 13.7. The zero-order valence-corrected chi connectivity index (χ0v) is 23.2. The third kappa shape index (κ3) is 4.44. The van der Waals surface area contributed by atoms with Crippen LogP contribution in [-0.4, -0.2) is 46.1 Å². The molecule has 12 heteroatoms. The van der Waals surface area contributed by atoms with Gasteiger partial charge in [-0.25, -0.2) is 8.78 Å². The summed E-state index contributed by atoms with van der Waals surface area (Å²) >= 11 is 0. The number of nitrogens with zero attached hydrogens (tertiary/aromatic N) is 3. The number of halogens is 2. The molecule has 42 heavy (non-hydrogen) atoms. The number of aromatic amines is 1. The molecular formula is C30H26F2N6O4. The summed E-state index contributed by atoms with van der Waals surface area (Å²) in [4.78, 5) is 38.3. The molecule has 0 unspecified atom stereocenters. The van der Waals surface area contributed by atoms with E-state index in [4.69, 9.17) is 9.26 Å². The maximum absolute atomic E-state index is 16.4. The van der Waals surface area contributed by atoms with E-state index in [-0.39, 0.29) is 27.7 Å². The van der Waals surface area contributed by atoms with Crippen molar-refractivity contribution in [3.63, 3.8) is 0 Å². The second-order valence-electron chi connectivity index (χ2n) is 10.2. The van der Waals surface area contributed by atoms with Crippen molar-refractivity contribution >= 4 is 22.7 Å². The third-order valence-corrected chi connectivity index (χ3v) is 7.45. The smallest absolute Gasteiger partial charge is 0.255 e. The highest BCUT2D eigenvalue weighted by molar-refractivity contribution is 6.13. The van der Waals surface area contributed by atoms with Crippen molar-refractivity contribution in [1.82, 2.24) is 30.7 Å². The van der Waals surface area contributed by atoms with Crippen LogP contribution < -0.4 is 15.4 Å². The Morgan fingerprint density at radius 2 is 1.83 bits per heavy atom. The second-order valence-corrected chi connectivity index (χ2v) is 10.2. The molecule has 0 bridgehead atoms. The van der Waals surface area contributed by atoms with Crippen molar-refractivity contribution in [2.45, 2.75) is 32.2 Å². The molecule has 0 saturated heterocycles. The van der Waals surface area contributed by atoms with Gasteiger partial charge in [0.2, 0.25) is 0 Å². The Kier molecular flexibility index (Phi) is 6.48. The van der Waals surface area contributed by atoms with Gasteiger partial charge in [-0.15, -0.1) is 0 Å². The minimum Gasteiger partial charge on any atom is -0.496 e. The number of methoxy groups -OCH3 is 1. The van der Waals surface area contributed by atoms with Gasteiger partial charge in [-0.3, -0.25) is 14.6 Å². The Morgan fingerprint density at radius 1 is 1.10 bits per heavy atom. The first-order chi connectivity index (χ1) is 20.2. The number of pyridine rings is 1. The van der Waals surface area contributed by atoms with E-state index in [1.54, 1.807) is 19.9 Å². The molecule has 2 aromatic carbocycles. The molecule has 1 fully saturated rings. The van der Waals surface area contributed by atoms with Crippen LogP contribution in [0.25, 0.3) is 33.4 Å². The van der Waals surface area contributed by atoms with Gasteiger partial charge in [0.1, 0.15) is 22.8 Å². The van der Waals surface area contributed by atoms with Crippen molar-refractivity contribution in [2.24, 2.45) is 0 Å². The monoisotopic (exact) mass is 572 g/mol. The topological polar surface area (TPSA) is 135 Å². The lowest BCUT2D eigenvalue weighted by Crippen LogP contribution is -2.35. The highest BCUT2D eigenvalue weighted by Gasteiger charge is 2.51. The number of aromatic nitrogens is 4. The van der Waals surface area contributed by atoms with E-state index in [2.05, 4.69) is 30.7 Å². The Hall–Kier alpha value is -5.13. The molecule has 0 atom stereocenters. The van der Waals surface area contributed by atoms with E-state index in [9.17, 15) is 14.0 Å². The lowest BCUT2D eigenvalue weighted by Gasteiger charge is -2.17. The SMILES string of the molecule is CNC(=O)c1c(-c2ccc(F)cc2)[nH]c2cnc(-c3cc(C(=O)NC4(c5nc(C)no5)CC4)c(OC)cc3C)c(F)c12. The summed E-state index contributed by atoms with van der Waals surface area (Å²) in [7, 11) is 2.88. The summed E-state index contributed by atoms with van der Waals surface area (Å²) in [5.74, 6) is -1.12. The van der Waals surface area contributed by atoms with E-state index in [1.807, 2.05) is 0 Å². The number of hydrogen-bond donors (Lipinski definition) is 3. The molecule has 2 amide bonds. The predicted octanol–water partition coefficient (Wildman–Crippen LogP) is 4.96. The molecular weight excluding hydrogens is 546 g/mol. The molecule has 6 rings (SSSR count). The number of carbonyl (C=O) groups is 2. The Morgan fingerprint density at radius 3 is 2.45 bits per heavy atom. The maximum Gasteiger partial charge on any atom is 0.255 e. The molecule has 3 heterocycles. The van der Waals surface area contributed by atoms with Crippen LogP contribution in [0.1, 0.15) is 50.8 Å². The summed E-state index contributed by atoms with van der Waals surface area (Å²) in [6, 6.07) is 8.66. The molecule has 214 valence electrons.